The molecule has 3 nitrogen and oxygen atoms in total. The van der Waals surface area contributed by atoms with E-state index in [2.05, 4.69) is 4.98 Å². The molecule has 0 aliphatic carbocycles. The third-order valence-corrected chi connectivity index (χ3v) is 2.08. The van der Waals surface area contributed by atoms with Gasteiger partial charge in [-0.1, -0.05) is 11.8 Å². The van der Waals surface area contributed by atoms with Crippen LogP contribution in [0.25, 0.3) is 0 Å². The zero-order valence-electron chi connectivity index (χ0n) is 6.37. The van der Waals surface area contributed by atoms with Crippen molar-refractivity contribution in [3.8, 4) is 0 Å². The summed E-state index contributed by atoms with van der Waals surface area (Å²) in [6.45, 7) is 0. The highest BCUT2D eigenvalue weighted by Crippen LogP contribution is 2.04. The molecular weight excluding hydrogens is 159 g/mol. The van der Waals surface area contributed by atoms with Gasteiger partial charge in [0.2, 0.25) is 5.56 Å². The van der Waals surface area contributed by atoms with Crippen molar-refractivity contribution < 1.29 is 0 Å². The van der Waals surface area contributed by atoms with Crippen molar-refractivity contribution in [1.82, 2.24) is 9.55 Å². The molecule has 5 heteroatoms. The summed E-state index contributed by atoms with van der Waals surface area (Å²) in [5, 5.41) is 0.671. The molecule has 0 saturated carbocycles. The van der Waals surface area contributed by atoms with Crippen molar-refractivity contribution in [2.45, 2.75) is 5.16 Å². The standard InChI is InChI=1S/C6H7BN2OS/c1-9-5(10)4(7)3-8-6(9)11-2/h3H,1-2H3. The summed E-state index contributed by atoms with van der Waals surface area (Å²) in [5.41, 5.74) is -0.00495. The number of hydrogen-bond donors (Lipinski definition) is 0. The Hall–Kier alpha value is -0.705. The van der Waals surface area contributed by atoms with Crippen molar-refractivity contribution in [2.24, 2.45) is 7.05 Å². The van der Waals surface area contributed by atoms with Crippen LogP contribution in [-0.4, -0.2) is 23.7 Å². The highest BCUT2D eigenvalue weighted by atomic mass is 32.2. The monoisotopic (exact) mass is 166 g/mol. The summed E-state index contributed by atoms with van der Waals surface area (Å²) in [6, 6.07) is 0. The molecule has 0 bridgehead atoms. The Balaban J connectivity index is 3.37. The molecule has 2 radical (unpaired) electrons. The SMILES string of the molecule is [B]c1cnc(SC)n(C)c1=O. The molecule has 1 aromatic rings. The van der Waals surface area contributed by atoms with Crippen LogP contribution < -0.4 is 11.0 Å². The second kappa shape index (κ2) is 3.13. The number of nitrogens with zero attached hydrogens (tertiary/aromatic N) is 2. The van der Waals surface area contributed by atoms with Gasteiger partial charge in [-0.15, -0.1) is 0 Å². The van der Waals surface area contributed by atoms with Crippen molar-refractivity contribution >= 4 is 25.1 Å². The first kappa shape index (κ1) is 8.39. The van der Waals surface area contributed by atoms with E-state index in [9.17, 15) is 4.79 Å². The molecule has 0 saturated heterocycles. The third kappa shape index (κ3) is 1.48. The van der Waals surface area contributed by atoms with Gasteiger partial charge < -0.3 is 0 Å². The highest BCUT2D eigenvalue weighted by Gasteiger charge is 2.00. The van der Waals surface area contributed by atoms with Crippen LogP contribution in [0.2, 0.25) is 0 Å². The number of thioether (sulfide) groups is 1. The van der Waals surface area contributed by atoms with Crippen molar-refractivity contribution in [3.05, 3.63) is 16.6 Å². The van der Waals surface area contributed by atoms with Crippen molar-refractivity contribution in [1.29, 1.82) is 0 Å². The van der Waals surface area contributed by atoms with Crippen LogP contribution in [0.4, 0.5) is 0 Å². The lowest BCUT2D eigenvalue weighted by Gasteiger charge is -2.03. The van der Waals surface area contributed by atoms with E-state index in [1.54, 1.807) is 7.05 Å². The van der Waals surface area contributed by atoms with Gasteiger partial charge in [0.25, 0.3) is 0 Å². The molecule has 0 aliphatic rings. The molecular formula is C6H7BN2OS. The van der Waals surface area contributed by atoms with E-state index < -0.39 is 0 Å². The zero-order chi connectivity index (χ0) is 8.43. The lowest BCUT2D eigenvalue weighted by Crippen LogP contribution is -2.34. The maximum Gasteiger partial charge on any atom is 0.246 e. The summed E-state index contributed by atoms with van der Waals surface area (Å²) in [4.78, 5) is 15.1. The summed E-state index contributed by atoms with van der Waals surface area (Å²) in [7, 11) is 6.99. The first-order valence-electron chi connectivity index (χ1n) is 3.02. The quantitative estimate of drug-likeness (QED) is 0.314. The summed E-state index contributed by atoms with van der Waals surface area (Å²) < 4.78 is 1.43. The predicted molar refractivity (Wildman–Crippen MR) is 46.6 cm³/mol. The Morgan fingerprint density at radius 2 is 2.36 bits per heavy atom. The Morgan fingerprint density at radius 1 is 1.73 bits per heavy atom. The molecule has 0 unspecified atom stereocenters. The fourth-order valence-electron chi connectivity index (χ4n) is 0.737. The van der Waals surface area contributed by atoms with Crippen LogP contribution >= 0.6 is 11.8 Å². The van der Waals surface area contributed by atoms with Gasteiger partial charge in [-0.25, -0.2) is 4.98 Å². The van der Waals surface area contributed by atoms with Gasteiger partial charge in [0.1, 0.15) is 7.85 Å². The van der Waals surface area contributed by atoms with Crippen LogP contribution in [0.15, 0.2) is 16.1 Å². The fourth-order valence-corrected chi connectivity index (χ4v) is 1.25. The van der Waals surface area contributed by atoms with E-state index in [0.29, 0.717) is 5.16 Å². The minimum Gasteiger partial charge on any atom is -0.291 e. The van der Waals surface area contributed by atoms with Crippen LogP contribution in [0.1, 0.15) is 0 Å². The van der Waals surface area contributed by atoms with Crippen molar-refractivity contribution in [2.75, 3.05) is 6.26 Å². The third-order valence-electron chi connectivity index (χ3n) is 1.34. The fraction of sp³-hybridized carbons (Fsp3) is 0.333. The number of rotatable bonds is 1. The minimum absolute atomic E-state index is 0.185. The van der Waals surface area contributed by atoms with Crippen LogP contribution in [0.5, 0.6) is 0 Å². The molecule has 11 heavy (non-hydrogen) atoms. The molecule has 0 N–H and O–H groups in total. The van der Waals surface area contributed by atoms with Gasteiger partial charge >= 0.3 is 0 Å². The summed E-state index contributed by atoms with van der Waals surface area (Å²) >= 11 is 1.41. The van der Waals surface area contributed by atoms with Gasteiger partial charge in [-0.3, -0.25) is 9.36 Å². The molecule has 0 aromatic carbocycles. The molecule has 1 aromatic heterocycles. The first-order chi connectivity index (χ1) is 5.16. The van der Waals surface area contributed by atoms with Gasteiger partial charge in [-0.05, 0) is 11.7 Å². The topological polar surface area (TPSA) is 34.9 Å². The number of hydrogen-bond acceptors (Lipinski definition) is 3. The molecule has 56 valence electrons. The Kier molecular flexibility index (Phi) is 2.39. The molecule has 0 aliphatic heterocycles. The lowest BCUT2D eigenvalue weighted by atomic mass is 10.0. The zero-order valence-corrected chi connectivity index (χ0v) is 7.18. The van der Waals surface area contributed by atoms with E-state index >= 15 is 0 Å². The molecule has 1 heterocycles. The Labute approximate surface area is 70.2 Å². The van der Waals surface area contributed by atoms with Crippen LogP contribution in [-0.2, 0) is 7.05 Å². The average Bonchev–Trinajstić information content (AvgIpc) is 2.01. The average molecular weight is 166 g/mol. The molecule has 0 spiro atoms. The molecule has 1 rings (SSSR count). The molecule has 0 atom stereocenters. The van der Waals surface area contributed by atoms with E-state index in [0.717, 1.165) is 0 Å². The second-order valence-electron chi connectivity index (χ2n) is 2.06. The summed E-state index contributed by atoms with van der Waals surface area (Å²) in [5.74, 6) is 0. The number of aromatic nitrogens is 2. The smallest absolute Gasteiger partial charge is 0.246 e. The van der Waals surface area contributed by atoms with E-state index in [4.69, 9.17) is 7.85 Å². The van der Waals surface area contributed by atoms with Crippen LogP contribution in [0, 0.1) is 0 Å². The lowest BCUT2D eigenvalue weighted by molar-refractivity contribution is 0.716. The van der Waals surface area contributed by atoms with Gasteiger partial charge in [-0.2, -0.15) is 0 Å². The minimum atomic E-state index is -0.190. The maximum absolute atomic E-state index is 11.1. The highest BCUT2D eigenvalue weighted by molar-refractivity contribution is 7.98. The normalized spacial score (nSPS) is 10.0. The Bertz CT molecular complexity index is 323. The Morgan fingerprint density at radius 3 is 2.91 bits per heavy atom. The van der Waals surface area contributed by atoms with Gasteiger partial charge in [0.15, 0.2) is 5.16 Å². The molecule has 0 amide bonds. The van der Waals surface area contributed by atoms with Crippen LogP contribution in [0.3, 0.4) is 0 Å². The van der Waals surface area contributed by atoms with E-state index in [1.807, 2.05) is 6.26 Å². The largest absolute Gasteiger partial charge is 0.291 e. The van der Waals surface area contributed by atoms with Gasteiger partial charge in [0, 0.05) is 13.2 Å². The second-order valence-corrected chi connectivity index (χ2v) is 2.84. The predicted octanol–water partition coefficient (Wildman–Crippen LogP) is -0.704. The van der Waals surface area contributed by atoms with Crippen molar-refractivity contribution in [3.63, 3.8) is 0 Å². The van der Waals surface area contributed by atoms with Gasteiger partial charge in [0.05, 0.1) is 0 Å². The summed E-state index contributed by atoms with van der Waals surface area (Å²) in [6.07, 6.45) is 3.24. The molecule has 0 fully saturated rings. The van der Waals surface area contributed by atoms with E-state index in [1.165, 1.54) is 22.5 Å². The first-order valence-corrected chi connectivity index (χ1v) is 4.24. The maximum atomic E-state index is 11.1. The van der Waals surface area contributed by atoms with E-state index in [-0.39, 0.29) is 11.0 Å².